The highest BCUT2D eigenvalue weighted by Crippen LogP contribution is 2.39. The van der Waals surface area contributed by atoms with Gasteiger partial charge in [-0.15, -0.1) is 32.9 Å². The van der Waals surface area contributed by atoms with Gasteiger partial charge in [0, 0.05) is 33.1 Å². The van der Waals surface area contributed by atoms with Gasteiger partial charge in [-0.25, -0.2) is 4.98 Å². The maximum absolute atomic E-state index is 12.2. The molecule has 9 heteroatoms. The molecule has 1 aromatic carbocycles. The summed E-state index contributed by atoms with van der Waals surface area (Å²) in [5.74, 6) is 1.10. The Morgan fingerprint density at radius 2 is 1.88 bits per heavy atom. The first-order valence-corrected chi connectivity index (χ1v) is 11.8. The maximum Gasteiger partial charge on any atom is 0.308 e. The molecule has 0 fully saturated rings. The number of fused-ring (bicyclic) bond motifs is 3. The Morgan fingerprint density at radius 3 is 2.56 bits per heavy atom. The highest BCUT2D eigenvalue weighted by molar-refractivity contribution is 7.15. The lowest BCUT2D eigenvalue weighted by molar-refractivity contribution is -0.141. The molecule has 162 valence electrons. The van der Waals surface area contributed by atoms with E-state index in [9.17, 15) is 4.79 Å². The fraction of sp³-hybridized carbons (Fsp3) is 0.261. The van der Waals surface area contributed by atoms with Gasteiger partial charge in [-0.05, 0) is 26.3 Å². The molecule has 0 saturated heterocycles. The summed E-state index contributed by atoms with van der Waals surface area (Å²) in [6.45, 7) is 6.15. The number of methoxy groups -OCH3 is 1. The van der Waals surface area contributed by atoms with Gasteiger partial charge in [0.25, 0.3) is 0 Å². The first-order chi connectivity index (χ1) is 15.5. The molecule has 0 spiro atoms. The van der Waals surface area contributed by atoms with Crippen molar-refractivity contribution in [3.05, 3.63) is 69.1 Å². The Morgan fingerprint density at radius 1 is 1.12 bits per heavy atom. The number of aromatic nitrogens is 4. The van der Waals surface area contributed by atoms with Crippen LogP contribution in [0.3, 0.4) is 0 Å². The summed E-state index contributed by atoms with van der Waals surface area (Å²) in [6.07, 6.45) is 1.91. The van der Waals surface area contributed by atoms with Crippen LogP contribution in [0, 0.1) is 20.8 Å². The van der Waals surface area contributed by atoms with Crippen LogP contribution in [0.25, 0.3) is 15.6 Å². The standard InChI is InChI=1S/C23H21N5O2S2/c1-12-13(2)32-23-19(12)20(15-5-7-16(8-6-15)22-24-9-10-31-22)25-17(11-18(29)30-4)21-27-26-14(3)28(21)23/h5-10,17H,11H2,1-4H3/t17-/m0/s1. The second kappa shape index (κ2) is 8.07. The molecular weight excluding hydrogens is 442 g/mol. The Balaban J connectivity index is 1.70. The first-order valence-electron chi connectivity index (χ1n) is 10.2. The number of nitrogens with zero attached hydrogens (tertiary/aromatic N) is 5. The number of thiophene rings is 1. The van der Waals surface area contributed by atoms with Crippen LogP contribution in [-0.2, 0) is 9.53 Å². The SMILES string of the molecule is COC(=O)C[C@@H]1N=C(c2ccc(-c3nccs3)cc2)c2c(sc(C)c2C)-n2c(C)nnc21. The third kappa shape index (κ3) is 3.37. The van der Waals surface area contributed by atoms with Gasteiger partial charge in [0.2, 0.25) is 0 Å². The van der Waals surface area contributed by atoms with Crippen molar-refractivity contribution < 1.29 is 9.53 Å². The molecule has 1 atom stereocenters. The summed E-state index contributed by atoms with van der Waals surface area (Å²) in [4.78, 5) is 22.9. The zero-order chi connectivity index (χ0) is 22.4. The molecule has 0 saturated carbocycles. The number of rotatable bonds is 4. The third-order valence-corrected chi connectivity index (χ3v) is 7.68. The molecule has 0 aliphatic carbocycles. The second-order valence-corrected chi connectivity index (χ2v) is 9.69. The van der Waals surface area contributed by atoms with Crippen LogP contribution >= 0.6 is 22.7 Å². The van der Waals surface area contributed by atoms with Crippen molar-refractivity contribution in [3.8, 4) is 15.6 Å². The van der Waals surface area contributed by atoms with Gasteiger partial charge in [-0.3, -0.25) is 14.4 Å². The van der Waals surface area contributed by atoms with Crippen LogP contribution in [0.1, 0.15) is 45.7 Å². The van der Waals surface area contributed by atoms with Gasteiger partial charge in [-0.1, -0.05) is 24.3 Å². The van der Waals surface area contributed by atoms with Gasteiger partial charge in [0.15, 0.2) is 5.82 Å². The first kappa shape index (κ1) is 20.7. The predicted octanol–water partition coefficient (Wildman–Crippen LogP) is 4.83. The topological polar surface area (TPSA) is 82.3 Å². The van der Waals surface area contributed by atoms with Gasteiger partial charge in [0.1, 0.15) is 21.9 Å². The van der Waals surface area contributed by atoms with Crippen LogP contribution in [0.5, 0.6) is 0 Å². The molecule has 0 unspecified atom stereocenters. The van der Waals surface area contributed by atoms with Crippen molar-refractivity contribution in [3.63, 3.8) is 0 Å². The number of benzene rings is 1. The van der Waals surface area contributed by atoms with Crippen LogP contribution in [-0.4, -0.2) is 38.5 Å². The molecule has 32 heavy (non-hydrogen) atoms. The molecule has 7 nitrogen and oxygen atoms in total. The van der Waals surface area contributed by atoms with E-state index in [1.807, 2.05) is 23.1 Å². The van der Waals surface area contributed by atoms with Crippen LogP contribution in [0.4, 0.5) is 0 Å². The lowest BCUT2D eigenvalue weighted by Gasteiger charge is -2.12. The number of aliphatic imine (C=N–C) groups is 1. The molecule has 4 heterocycles. The van der Waals surface area contributed by atoms with E-state index in [2.05, 4.69) is 53.3 Å². The van der Waals surface area contributed by atoms with Crippen molar-refractivity contribution >= 4 is 34.4 Å². The molecule has 1 aliphatic heterocycles. The van der Waals surface area contributed by atoms with Gasteiger partial charge in [-0.2, -0.15) is 0 Å². The minimum absolute atomic E-state index is 0.0995. The number of aryl methyl sites for hydroxylation is 2. The lowest BCUT2D eigenvalue weighted by atomic mass is 9.98. The molecule has 5 rings (SSSR count). The zero-order valence-electron chi connectivity index (χ0n) is 18.1. The molecular formula is C23H21N5O2S2. The molecule has 0 amide bonds. The Bertz CT molecular complexity index is 1330. The van der Waals surface area contributed by atoms with Crippen molar-refractivity contribution in [1.29, 1.82) is 0 Å². The number of esters is 1. The smallest absolute Gasteiger partial charge is 0.308 e. The van der Waals surface area contributed by atoms with E-state index in [0.717, 1.165) is 38.2 Å². The number of hydrogen-bond acceptors (Lipinski definition) is 8. The van der Waals surface area contributed by atoms with Crippen LogP contribution in [0.2, 0.25) is 0 Å². The highest BCUT2D eigenvalue weighted by Gasteiger charge is 2.32. The van der Waals surface area contributed by atoms with E-state index in [0.29, 0.717) is 5.82 Å². The van der Waals surface area contributed by atoms with Crippen molar-refractivity contribution in [2.24, 2.45) is 4.99 Å². The molecule has 1 aliphatic rings. The highest BCUT2D eigenvalue weighted by atomic mass is 32.1. The monoisotopic (exact) mass is 463 g/mol. The number of thiazole rings is 1. The number of hydrogen-bond donors (Lipinski definition) is 0. The summed E-state index contributed by atoms with van der Waals surface area (Å²) in [7, 11) is 1.39. The quantitative estimate of drug-likeness (QED) is 0.405. The number of carbonyl (C=O) groups is 1. The number of carbonyl (C=O) groups excluding carboxylic acids is 1. The van der Waals surface area contributed by atoms with E-state index >= 15 is 0 Å². The summed E-state index contributed by atoms with van der Waals surface area (Å²) in [5, 5.41) is 12.7. The minimum atomic E-state index is -0.489. The van der Waals surface area contributed by atoms with Crippen molar-refractivity contribution in [1.82, 2.24) is 19.7 Å². The molecule has 3 aromatic heterocycles. The summed E-state index contributed by atoms with van der Waals surface area (Å²) in [5.41, 5.74) is 5.14. The molecule has 0 N–H and O–H groups in total. The van der Waals surface area contributed by atoms with E-state index in [1.54, 1.807) is 22.7 Å². The van der Waals surface area contributed by atoms with Gasteiger partial charge >= 0.3 is 5.97 Å². The average molecular weight is 464 g/mol. The third-order valence-electron chi connectivity index (χ3n) is 5.66. The van der Waals surface area contributed by atoms with E-state index < -0.39 is 6.04 Å². The van der Waals surface area contributed by atoms with Crippen LogP contribution in [0.15, 0.2) is 40.8 Å². The average Bonchev–Trinajstić information content (AvgIpc) is 3.50. The van der Waals surface area contributed by atoms with Crippen LogP contribution < -0.4 is 0 Å². The van der Waals surface area contributed by atoms with Crippen molar-refractivity contribution in [2.45, 2.75) is 33.2 Å². The second-order valence-electron chi connectivity index (χ2n) is 7.59. The lowest BCUT2D eigenvalue weighted by Crippen LogP contribution is -2.12. The largest absolute Gasteiger partial charge is 0.469 e. The van der Waals surface area contributed by atoms with E-state index in [4.69, 9.17) is 9.73 Å². The Labute approximate surface area is 193 Å². The minimum Gasteiger partial charge on any atom is -0.469 e. The fourth-order valence-corrected chi connectivity index (χ4v) is 5.76. The molecule has 0 radical (unpaired) electrons. The molecule has 0 bridgehead atoms. The Kier molecular flexibility index (Phi) is 5.22. The van der Waals surface area contributed by atoms with E-state index in [-0.39, 0.29) is 12.4 Å². The zero-order valence-corrected chi connectivity index (χ0v) is 19.8. The normalized spacial score (nSPS) is 15.0. The predicted molar refractivity (Wildman–Crippen MR) is 126 cm³/mol. The van der Waals surface area contributed by atoms with E-state index in [1.165, 1.54) is 17.6 Å². The van der Waals surface area contributed by atoms with Crippen molar-refractivity contribution in [2.75, 3.05) is 7.11 Å². The molecule has 4 aromatic rings. The number of ether oxygens (including phenoxy) is 1. The summed E-state index contributed by atoms with van der Waals surface area (Å²) >= 11 is 3.31. The Hall–Kier alpha value is -3.17. The fourth-order valence-electron chi connectivity index (χ4n) is 3.90. The summed E-state index contributed by atoms with van der Waals surface area (Å²) < 4.78 is 6.98. The summed E-state index contributed by atoms with van der Waals surface area (Å²) in [6, 6.07) is 7.78. The van der Waals surface area contributed by atoms with Gasteiger partial charge < -0.3 is 4.74 Å². The maximum atomic E-state index is 12.2. The van der Waals surface area contributed by atoms with Gasteiger partial charge in [0.05, 0.1) is 19.2 Å².